The topological polar surface area (TPSA) is 51.4 Å². The van der Waals surface area contributed by atoms with Crippen LogP contribution >= 0.6 is 16.9 Å². The lowest BCUT2D eigenvalue weighted by atomic mass is 10.1. The van der Waals surface area contributed by atoms with Crippen LogP contribution in [0.15, 0.2) is 16.3 Å². The van der Waals surface area contributed by atoms with Crippen molar-refractivity contribution < 1.29 is 0 Å². The molecule has 0 amide bonds. The maximum atomic E-state index is 9.48. The van der Waals surface area contributed by atoms with Gasteiger partial charge in [0.1, 0.15) is 17.5 Å². The Morgan fingerprint density at radius 3 is 2.95 bits per heavy atom. The minimum absolute atomic E-state index is 0.618. The summed E-state index contributed by atoms with van der Waals surface area (Å²) in [6.45, 7) is 6.08. The third kappa shape index (κ3) is 3.05. The van der Waals surface area contributed by atoms with E-state index in [2.05, 4.69) is 34.7 Å². The number of nitrogens with zero attached hydrogens (tertiary/aromatic N) is 3. The molecule has 2 aliphatic heterocycles. The average Bonchev–Trinajstić information content (AvgIpc) is 2.89. The molecule has 0 bridgehead atoms. The van der Waals surface area contributed by atoms with Gasteiger partial charge in [0.25, 0.3) is 0 Å². The number of allylic oxidation sites excluding steroid dienone is 1. The molecule has 7 heteroatoms. The Kier molecular flexibility index (Phi) is 5.17. The van der Waals surface area contributed by atoms with Crippen LogP contribution in [-0.4, -0.2) is 29.9 Å². The summed E-state index contributed by atoms with van der Waals surface area (Å²) in [5, 5.41) is 12.9. The second-order valence-corrected chi connectivity index (χ2v) is 12.5. The van der Waals surface area contributed by atoms with Gasteiger partial charge in [-0.15, -0.1) is 0 Å². The van der Waals surface area contributed by atoms with E-state index in [1.165, 1.54) is 0 Å². The number of nitriles is 1. The van der Waals surface area contributed by atoms with E-state index in [4.69, 9.17) is 11.8 Å². The van der Waals surface area contributed by atoms with Crippen molar-refractivity contribution >= 4 is 34.6 Å². The van der Waals surface area contributed by atoms with Gasteiger partial charge in [0.05, 0.1) is 0 Å². The van der Waals surface area contributed by atoms with Crippen LogP contribution in [0.4, 0.5) is 0 Å². The number of hydrogen-bond donors (Lipinski definition) is 1. The molecule has 110 valence electrons. The molecule has 20 heavy (non-hydrogen) atoms. The molecule has 2 heterocycles. The van der Waals surface area contributed by atoms with Gasteiger partial charge in [0.15, 0.2) is 5.54 Å². The van der Waals surface area contributed by atoms with Crippen LogP contribution in [0.25, 0.3) is 0 Å². The van der Waals surface area contributed by atoms with Gasteiger partial charge < -0.3 is 9.76 Å². The number of rotatable bonds is 4. The van der Waals surface area contributed by atoms with E-state index in [9.17, 15) is 5.26 Å². The van der Waals surface area contributed by atoms with Crippen LogP contribution < -0.4 is 5.09 Å². The van der Waals surface area contributed by atoms with E-state index in [1.54, 1.807) is 11.4 Å². The Balaban J connectivity index is 2.35. The van der Waals surface area contributed by atoms with Gasteiger partial charge in [-0.2, -0.15) is 5.26 Å². The molecule has 1 atom stereocenters. The predicted octanol–water partition coefficient (Wildman–Crippen LogP) is 3.50. The summed E-state index contributed by atoms with van der Waals surface area (Å²) in [4.78, 5) is 4.63. The second-order valence-electron chi connectivity index (χ2n) is 5.39. The fourth-order valence-electron chi connectivity index (χ4n) is 2.40. The molecular weight excluding hydrogens is 307 g/mol. The Morgan fingerprint density at radius 2 is 2.35 bits per heavy atom. The first-order valence-corrected chi connectivity index (χ1v) is 11.5. The van der Waals surface area contributed by atoms with Gasteiger partial charge >= 0.3 is 0 Å². The number of fused-ring (bicyclic) bond motifs is 1. The van der Waals surface area contributed by atoms with Crippen molar-refractivity contribution in [3.05, 3.63) is 11.3 Å². The predicted molar refractivity (Wildman–Crippen MR) is 91.3 cm³/mol. The number of hydrogen-bond acceptors (Lipinski definition) is 4. The van der Waals surface area contributed by atoms with Gasteiger partial charge in [0.2, 0.25) is 0 Å². The fourth-order valence-corrected chi connectivity index (χ4v) is 6.65. The zero-order valence-corrected chi connectivity index (χ0v) is 14.7. The van der Waals surface area contributed by atoms with Crippen LogP contribution in [0.3, 0.4) is 0 Å². The minimum atomic E-state index is -1.88. The molecule has 1 fully saturated rings. The number of nitrogens with one attached hydrogen (secondary N) is 1. The lowest BCUT2D eigenvalue weighted by Crippen LogP contribution is -2.35. The zero-order chi connectivity index (χ0) is 14.8. The quantitative estimate of drug-likeness (QED) is 0.801. The molecule has 2 aliphatic rings. The highest BCUT2D eigenvalue weighted by Gasteiger charge is 2.38. The second kappa shape index (κ2) is 6.51. The molecule has 0 aromatic heterocycles. The number of aliphatic imine (C=N–C) groups is 1. The smallest absolute Gasteiger partial charge is 0.178 e. The fraction of sp³-hybridized carbons (Fsp3) is 0.692. The molecule has 0 radical (unpaired) electrons. The molecule has 0 aromatic carbocycles. The van der Waals surface area contributed by atoms with Crippen molar-refractivity contribution in [2.75, 3.05) is 19.3 Å². The SMILES string of the molecule is CS[P@@]1(=S)NC(=NCCC(C)C)C(C#N)=C2CCCN21. The molecular formula is C13H21N4PS2. The Bertz CT molecular complexity index is 533. The van der Waals surface area contributed by atoms with Crippen molar-refractivity contribution in [2.45, 2.75) is 33.1 Å². The van der Waals surface area contributed by atoms with Crippen LogP contribution in [0.2, 0.25) is 0 Å². The van der Waals surface area contributed by atoms with E-state index < -0.39 is 5.54 Å². The maximum Gasteiger partial charge on any atom is 0.178 e. The highest BCUT2D eigenvalue weighted by molar-refractivity contribution is 8.69. The first kappa shape index (κ1) is 15.9. The number of amidine groups is 1. The molecule has 1 saturated heterocycles. The van der Waals surface area contributed by atoms with Crippen molar-refractivity contribution in [3.8, 4) is 6.07 Å². The molecule has 0 spiro atoms. The first-order valence-electron chi connectivity index (χ1n) is 6.92. The largest absolute Gasteiger partial charge is 0.323 e. The Labute approximate surface area is 130 Å². The van der Waals surface area contributed by atoms with Gasteiger partial charge in [-0.3, -0.25) is 4.99 Å². The summed E-state index contributed by atoms with van der Waals surface area (Å²) < 4.78 is 2.26. The highest BCUT2D eigenvalue weighted by atomic mass is 32.9. The van der Waals surface area contributed by atoms with Crippen LogP contribution in [-0.2, 0) is 11.8 Å². The monoisotopic (exact) mass is 328 g/mol. The summed E-state index contributed by atoms with van der Waals surface area (Å²) in [5.74, 6) is 1.35. The van der Waals surface area contributed by atoms with Gasteiger partial charge in [-0.25, -0.2) is 0 Å². The molecule has 0 unspecified atom stereocenters. The third-order valence-electron chi connectivity index (χ3n) is 3.52. The van der Waals surface area contributed by atoms with E-state index in [0.717, 1.165) is 43.9 Å². The van der Waals surface area contributed by atoms with Crippen LogP contribution in [0.5, 0.6) is 0 Å². The molecule has 1 N–H and O–H groups in total. The molecule has 2 rings (SSSR count). The van der Waals surface area contributed by atoms with Gasteiger partial charge in [-0.05, 0) is 43.2 Å². The van der Waals surface area contributed by atoms with Crippen molar-refractivity contribution in [3.63, 3.8) is 0 Å². The molecule has 4 nitrogen and oxygen atoms in total. The minimum Gasteiger partial charge on any atom is -0.323 e. The molecule has 0 aromatic rings. The average molecular weight is 328 g/mol. The maximum absolute atomic E-state index is 9.48. The third-order valence-corrected chi connectivity index (χ3v) is 10.1. The molecule has 0 aliphatic carbocycles. The summed E-state index contributed by atoms with van der Waals surface area (Å²) in [7, 11) is 0. The van der Waals surface area contributed by atoms with Crippen molar-refractivity contribution in [1.29, 1.82) is 5.26 Å². The lowest BCUT2D eigenvalue weighted by Gasteiger charge is -2.38. The molecule has 0 saturated carbocycles. The summed E-state index contributed by atoms with van der Waals surface area (Å²) in [6, 6.07) is 2.33. The van der Waals surface area contributed by atoms with E-state index in [1.807, 2.05) is 6.26 Å². The van der Waals surface area contributed by atoms with E-state index >= 15 is 0 Å². The normalized spacial score (nSPS) is 27.8. The van der Waals surface area contributed by atoms with Gasteiger partial charge in [-0.1, -0.05) is 25.2 Å². The highest BCUT2D eigenvalue weighted by Crippen LogP contribution is 2.62. The summed E-state index contributed by atoms with van der Waals surface area (Å²) in [6.07, 6.45) is 5.12. The van der Waals surface area contributed by atoms with E-state index in [-0.39, 0.29) is 0 Å². The van der Waals surface area contributed by atoms with Crippen LogP contribution in [0.1, 0.15) is 33.1 Å². The summed E-state index contributed by atoms with van der Waals surface area (Å²) >= 11 is 7.53. The van der Waals surface area contributed by atoms with E-state index in [0.29, 0.717) is 11.5 Å². The Morgan fingerprint density at radius 1 is 1.60 bits per heavy atom. The van der Waals surface area contributed by atoms with Gasteiger partial charge in [0, 0.05) is 18.8 Å². The standard InChI is InChI=1S/C13H21N4PS2/c1-10(2)6-7-15-13-11(9-14)12-5-4-8-17(12)18(19,16-13)20-3/h10H,4-8H2,1-3H3,(H,15,16,19)/t18-/m0/s1. The zero-order valence-electron chi connectivity index (χ0n) is 12.2. The van der Waals surface area contributed by atoms with Crippen molar-refractivity contribution in [2.24, 2.45) is 10.9 Å². The van der Waals surface area contributed by atoms with Crippen molar-refractivity contribution in [1.82, 2.24) is 9.76 Å². The van der Waals surface area contributed by atoms with Crippen LogP contribution in [0, 0.1) is 17.2 Å². The summed E-state index contributed by atoms with van der Waals surface area (Å²) in [5.41, 5.74) is -0.0483. The first-order chi connectivity index (χ1) is 9.51. The lowest BCUT2D eigenvalue weighted by molar-refractivity contribution is 0.595. The Hall–Kier alpha value is -0.500.